The van der Waals surface area contributed by atoms with Crippen LogP contribution < -0.4 is 10.6 Å². The fraction of sp³-hybridized carbons (Fsp3) is 0.190. The maximum Gasteiger partial charge on any atom is 0.417 e. The van der Waals surface area contributed by atoms with Crippen molar-refractivity contribution in [1.82, 2.24) is 10.2 Å². The molecule has 0 aliphatic heterocycles. The predicted octanol–water partition coefficient (Wildman–Crippen LogP) is 4.72. The third-order valence-corrected chi connectivity index (χ3v) is 6.10. The summed E-state index contributed by atoms with van der Waals surface area (Å²) in [6.45, 7) is 1.86. The number of rotatable bonds is 8. The number of carbonyl (C=O) groups excluding carboxylic acids is 3. The molecule has 2 aromatic carbocycles. The third-order valence-electron chi connectivity index (χ3n) is 4.13. The first-order valence-electron chi connectivity index (χ1n) is 9.69. The zero-order chi connectivity index (χ0) is 24.7. The summed E-state index contributed by atoms with van der Waals surface area (Å²) in [6.07, 6.45) is -4.69. The number of esters is 1. The van der Waals surface area contributed by atoms with E-state index in [0.717, 1.165) is 35.2 Å². The summed E-state index contributed by atoms with van der Waals surface area (Å²) in [5.41, 5.74) is -1.10. The van der Waals surface area contributed by atoms with E-state index in [9.17, 15) is 27.6 Å². The SMILES string of the molecule is CCOC(=O)c1ccccc1NC(=O)CSc1nnc(NC(=O)c2ccccc2C(F)(F)F)s1. The topological polar surface area (TPSA) is 110 Å². The molecule has 8 nitrogen and oxygen atoms in total. The Morgan fingerprint density at radius 3 is 2.38 bits per heavy atom. The highest BCUT2D eigenvalue weighted by Crippen LogP contribution is 2.32. The van der Waals surface area contributed by atoms with Crippen LogP contribution in [0.5, 0.6) is 0 Å². The van der Waals surface area contributed by atoms with Gasteiger partial charge in [-0.2, -0.15) is 13.2 Å². The van der Waals surface area contributed by atoms with Crippen molar-refractivity contribution in [2.24, 2.45) is 0 Å². The fourth-order valence-electron chi connectivity index (χ4n) is 2.70. The van der Waals surface area contributed by atoms with Crippen LogP contribution in [0.4, 0.5) is 24.0 Å². The molecule has 0 aliphatic carbocycles. The molecule has 0 atom stereocenters. The summed E-state index contributed by atoms with van der Waals surface area (Å²) >= 11 is 1.91. The van der Waals surface area contributed by atoms with Gasteiger partial charge in [-0.05, 0) is 31.2 Å². The molecule has 0 unspecified atom stereocenters. The normalized spacial score (nSPS) is 11.1. The van der Waals surface area contributed by atoms with Gasteiger partial charge in [0.2, 0.25) is 11.0 Å². The first-order valence-corrected chi connectivity index (χ1v) is 11.5. The fourth-order valence-corrected chi connectivity index (χ4v) is 4.25. The van der Waals surface area contributed by atoms with E-state index < -0.39 is 35.1 Å². The van der Waals surface area contributed by atoms with Crippen molar-refractivity contribution in [2.75, 3.05) is 23.0 Å². The Labute approximate surface area is 199 Å². The van der Waals surface area contributed by atoms with Gasteiger partial charge in [0.05, 0.1) is 34.7 Å². The molecule has 0 bridgehead atoms. The molecule has 34 heavy (non-hydrogen) atoms. The lowest BCUT2D eigenvalue weighted by Gasteiger charge is -2.11. The standard InChI is InChI=1S/C21H17F3N4O4S2/c1-2-32-18(31)13-8-4-6-10-15(13)25-16(29)11-33-20-28-27-19(34-20)26-17(30)12-7-3-5-9-14(12)21(22,23)24/h3-10H,2,11H2,1H3,(H,25,29)(H,26,27,30). The molecule has 13 heteroatoms. The van der Waals surface area contributed by atoms with Crippen LogP contribution in [0.2, 0.25) is 0 Å². The number of alkyl halides is 3. The molecule has 2 amide bonds. The van der Waals surface area contributed by atoms with Crippen molar-refractivity contribution in [3.8, 4) is 0 Å². The quantitative estimate of drug-likeness (QED) is 0.256. The molecule has 0 aliphatic rings. The van der Waals surface area contributed by atoms with Gasteiger partial charge in [0.1, 0.15) is 0 Å². The van der Waals surface area contributed by atoms with Gasteiger partial charge in [0.25, 0.3) is 5.91 Å². The van der Waals surface area contributed by atoms with E-state index in [1.165, 1.54) is 18.2 Å². The van der Waals surface area contributed by atoms with Gasteiger partial charge >= 0.3 is 12.1 Å². The van der Waals surface area contributed by atoms with Crippen LogP contribution in [-0.2, 0) is 15.7 Å². The molecule has 0 radical (unpaired) electrons. The van der Waals surface area contributed by atoms with Gasteiger partial charge in [0.15, 0.2) is 4.34 Å². The van der Waals surface area contributed by atoms with Crippen molar-refractivity contribution in [3.63, 3.8) is 0 Å². The summed E-state index contributed by atoms with van der Waals surface area (Å²) in [4.78, 5) is 36.6. The van der Waals surface area contributed by atoms with E-state index in [1.807, 2.05) is 0 Å². The molecule has 1 heterocycles. The summed E-state index contributed by atoms with van der Waals surface area (Å²) in [6, 6.07) is 10.8. The van der Waals surface area contributed by atoms with Crippen LogP contribution in [0.1, 0.15) is 33.2 Å². The Morgan fingerprint density at radius 2 is 1.68 bits per heavy atom. The minimum absolute atomic E-state index is 0.0162. The highest BCUT2D eigenvalue weighted by molar-refractivity contribution is 8.01. The zero-order valence-electron chi connectivity index (χ0n) is 17.5. The number of carbonyl (C=O) groups is 3. The monoisotopic (exact) mass is 510 g/mol. The highest BCUT2D eigenvalue weighted by atomic mass is 32.2. The molecule has 3 aromatic rings. The number of ether oxygens (including phenoxy) is 1. The van der Waals surface area contributed by atoms with Gasteiger partial charge in [-0.1, -0.05) is 47.4 Å². The second kappa shape index (κ2) is 11.1. The minimum atomic E-state index is -4.69. The lowest BCUT2D eigenvalue weighted by atomic mass is 10.1. The summed E-state index contributed by atoms with van der Waals surface area (Å²) in [5.74, 6) is -2.06. The van der Waals surface area contributed by atoms with Gasteiger partial charge in [-0.3, -0.25) is 14.9 Å². The number of benzene rings is 2. The van der Waals surface area contributed by atoms with E-state index in [1.54, 1.807) is 25.1 Å². The van der Waals surface area contributed by atoms with Gasteiger partial charge in [-0.15, -0.1) is 10.2 Å². The Balaban J connectivity index is 1.59. The number of nitrogens with zero attached hydrogens (tertiary/aromatic N) is 2. The first-order chi connectivity index (χ1) is 16.2. The van der Waals surface area contributed by atoms with E-state index in [-0.39, 0.29) is 23.1 Å². The molecular weight excluding hydrogens is 493 g/mol. The number of para-hydroxylation sites is 1. The van der Waals surface area contributed by atoms with Crippen LogP contribution in [0.3, 0.4) is 0 Å². The molecule has 2 N–H and O–H groups in total. The molecule has 178 valence electrons. The average molecular weight is 511 g/mol. The Kier molecular flexibility index (Phi) is 8.23. The van der Waals surface area contributed by atoms with Crippen molar-refractivity contribution in [2.45, 2.75) is 17.4 Å². The number of amides is 2. The largest absolute Gasteiger partial charge is 0.462 e. The van der Waals surface area contributed by atoms with Gasteiger partial charge < -0.3 is 10.1 Å². The molecule has 0 saturated carbocycles. The number of nitrogens with one attached hydrogen (secondary N) is 2. The number of anilines is 2. The first kappa shape index (κ1) is 25.2. The van der Waals surface area contributed by atoms with E-state index >= 15 is 0 Å². The van der Waals surface area contributed by atoms with E-state index in [4.69, 9.17) is 4.74 Å². The van der Waals surface area contributed by atoms with Crippen LogP contribution in [0.15, 0.2) is 52.9 Å². The van der Waals surface area contributed by atoms with Crippen LogP contribution in [0.25, 0.3) is 0 Å². The number of hydrogen-bond acceptors (Lipinski definition) is 8. The molecule has 3 rings (SSSR count). The Bertz CT molecular complexity index is 1200. The molecule has 1 aromatic heterocycles. The second-order valence-corrected chi connectivity index (χ2v) is 8.67. The second-order valence-electron chi connectivity index (χ2n) is 6.47. The lowest BCUT2D eigenvalue weighted by Crippen LogP contribution is -2.18. The van der Waals surface area contributed by atoms with Crippen LogP contribution >= 0.6 is 23.1 Å². The zero-order valence-corrected chi connectivity index (χ0v) is 19.1. The van der Waals surface area contributed by atoms with Crippen molar-refractivity contribution >= 4 is 51.7 Å². The maximum absolute atomic E-state index is 13.1. The lowest BCUT2D eigenvalue weighted by molar-refractivity contribution is -0.137. The third kappa shape index (κ3) is 6.54. The Morgan fingerprint density at radius 1 is 1.00 bits per heavy atom. The van der Waals surface area contributed by atoms with Gasteiger partial charge in [-0.25, -0.2) is 4.79 Å². The van der Waals surface area contributed by atoms with E-state index in [2.05, 4.69) is 20.8 Å². The average Bonchev–Trinajstić information content (AvgIpc) is 3.25. The summed E-state index contributed by atoms with van der Waals surface area (Å²) in [7, 11) is 0. The van der Waals surface area contributed by atoms with Crippen molar-refractivity contribution < 1.29 is 32.3 Å². The maximum atomic E-state index is 13.1. The van der Waals surface area contributed by atoms with Crippen molar-refractivity contribution in [3.05, 3.63) is 65.2 Å². The molecule has 0 spiro atoms. The van der Waals surface area contributed by atoms with Gasteiger partial charge in [0, 0.05) is 0 Å². The van der Waals surface area contributed by atoms with Crippen molar-refractivity contribution in [1.29, 1.82) is 0 Å². The minimum Gasteiger partial charge on any atom is -0.462 e. The van der Waals surface area contributed by atoms with E-state index in [0.29, 0.717) is 10.0 Å². The summed E-state index contributed by atoms with van der Waals surface area (Å²) in [5, 5.41) is 12.5. The number of hydrogen-bond donors (Lipinski definition) is 2. The van der Waals surface area contributed by atoms with Crippen LogP contribution in [-0.4, -0.2) is 40.3 Å². The predicted molar refractivity (Wildman–Crippen MR) is 121 cm³/mol. The number of thioether (sulfide) groups is 1. The Hall–Kier alpha value is -3.45. The smallest absolute Gasteiger partial charge is 0.417 e. The molecular formula is C21H17F3N4O4S2. The number of aromatic nitrogens is 2. The highest BCUT2D eigenvalue weighted by Gasteiger charge is 2.35. The number of halogens is 3. The molecule has 0 saturated heterocycles. The molecule has 0 fully saturated rings. The van der Waals surface area contributed by atoms with Crippen LogP contribution in [0, 0.1) is 0 Å². The summed E-state index contributed by atoms with van der Waals surface area (Å²) < 4.78 is 44.6.